The number of piperidine rings is 1. The number of likely N-dealkylation sites (tertiary alicyclic amines) is 1. The maximum atomic E-state index is 12.6. The molecule has 7 heteroatoms. The Morgan fingerprint density at radius 2 is 2.00 bits per heavy atom. The highest BCUT2D eigenvalue weighted by molar-refractivity contribution is 8.00. The fourth-order valence-corrected chi connectivity index (χ4v) is 3.41. The molecule has 0 saturated carbocycles. The molecule has 0 aliphatic carbocycles. The second-order valence-corrected chi connectivity index (χ2v) is 6.53. The molecule has 0 aromatic carbocycles. The Morgan fingerprint density at radius 1 is 1.37 bits per heavy atom. The molecule has 106 valence electrons. The molecule has 1 fully saturated rings. The zero-order valence-electron chi connectivity index (χ0n) is 11.9. The van der Waals surface area contributed by atoms with Crippen LogP contribution in [0.15, 0.2) is 5.16 Å². The fraction of sp³-hybridized carbons (Fsp3) is 0.833. The number of rotatable bonds is 3. The Bertz CT molecular complexity index is 439. The van der Waals surface area contributed by atoms with Gasteiger partial charge in [-0.25, -0.2) is 4.68 Å². The van der Waals surface area contributed by atoms with Gasteiger partial charge in [0.2, 0.25) is 11.1 Å². The molecule has 0 radical (unpaired) electrons. The van der Waals surface area contributed by atoms with Crippen molar-refractivity contribution in [1.82, 2.24) is 25.1 Å². The van der Waals surface area contributed by atoms with E-state index in [4.69, 9.17) is 0 Å². The summed E-state index contributed by atoms with van der Waals surface area (Å²) in [5.41, 5.74) is 0. The van der Waals surface area contributed by atoms with Crippen molar-refractivity contribution in [3.05, 3.63) is 0 Å². The van der Waals surface area contributed by atoms with Gasteiger partial charge in [-0.3, -0.25) is 4.79 Å². The largest absolute Gasteiger partial charge is 0.336 e. The van der Waals surface area contributed by atoms with E-state index < -0.39 is 0 Å². The Kier molecular flexibility index (Phi) is 4.44. The van der Waals surface area contributed by atoms with Gasteiger partial charge in [0.1, 0.15) is 0 Å². The molecule has 1 aliphatic rings. The van der Waals surface area contributed by atoms with E-state index >= 15 is 0 Å². The van der Waals surface area contributed by atoms with E-state index in [-0.39, 0.29) is 11.2 Å². The van der Waals surface area contributed by atoms with Gasteiger partial charge in [-0.15, -0.1) is 5.10 Å². The van der Waals surface area contributed by atoms with Crippen molar-refractivity contribution < 1.29 is 4.79 Å². The van der Waals surface area contributed by atoms with E-state index in [2.05, 4.69) is 29.4 Å². The first kappa shape index (κ1) is 14.3. The quantitative estimate of drug-likeness (QED) is 0.786. The van der Waals surface area contributed by atoms with Crippen molar-refractivity contribution in [1.29, 1.82) is 0 Å². The molecule has 0 N–H and O–H groups in total. The Morgan fingerprint density at radius 3 is 2.53 bits per heavy atom. The minimum Gasteiger partial charge on any atom is -0.336 e. The van der Waals surface area contributed by atoms with Crippen molar-refractivity contribution >= 4 is 17.7 Å². The number of nitrogens with zero attached hydrogens (tertiary/aromatic N) is 5. The van der Waals surface area contributed by atoms with E-state index in [0.717, 1.165) is 12.8 Å². The summed E-state index contributed by atoms with van der Waals surface area (Å²) in [4.78, 5) is 14.6. The summed E-state index contributed by atoms with van der Waals surface area (Å²) in [5.74, 6) is 0.188. The molecule has 0 spiro atoms. The molecule has 2 heterocycles. The zero-order valence-corrected chi connectivity index (χ0v) is 12.7. The van der Waals surface area contributed by atoms with Crippen LogP contribution < -0.4 is 0 Å². The highest BCUT2D eigenvalue weighted by Crippen LogP contribution is 2.27. The molecule has 1 aromatic rings. The lowest BCUT2D eigenvalue weighted by atomic mass is 9.97. The van der Waals surface area contributed by atoms with Crippen molar-refractivity contribution in [2.24, 2.45) is 7.05 Å². The third-order valence-electron chi connectivity index (χ3n) is 3.66. The number of hydrogen-bond acceptors (Lipinski definition) is 5. The number of carbonyl (C=O) groups excluding carboxylic acids is 1. The zero-order chi connectivity index (χ0) is 14.0. The number of carbonyl (C=O) groups is 1. The minimum absolute atomic E-state index is 0.160. The summed E-state index contributed by atoms with van der Waals surface area (Å²) in [6.07, 6.45) is 3.40. The monoisotopic (exact) mass is 283 g/mol. The summed E-state index contributed by atoms with van der Waals surface area (Å²) >= 11 is 1.42. The molecule has 1 aliphatic heterocycles. The third kappa shape index (κ3) is 3.08. The van der Waals surface area contributed by atoms with E-state index in [0.29, 0.717) is 17.2 Å². The van der Waals surface area contributed by atoms with Gasteiger partial charge in [0.15, 0.2) is 0 Å². The SMILES string of the molecule is C[C@@H]1CCC[C@@H](C)N1C(=O)[C@@H](C)Sc1nnnn1C. The van der Waals surface area contributed by atoms with Crippen LogP contribution in [-0.2, 0) is 11.8 Å². The Labute approximate surface area is 117 Å². The molecule has 0 unspecified atom stereocenters. The normalized spacial score (nSPS) is 25.4. The van der Waals surface area contributed by atoms with Crippen molar-refractivity contribution in [3.63, 3.8) is 0 Å². The van der Waals surface area contributed by atoms with Gasteiger partial charge in [0.05, 0.1) is 5.25 Å². The average Bonchev–Trinajstić information content (AvgIpc) is 2.74. The molecular weight excluding hydrogens is 262 g/mol. The maximum Gasteiger partial charge on any atom is 0.236 e. The molecular formula is C12H21N5OS. The Balaban J connectivity index is 2.04. The lowest BCUT2D eigenvalue weighted by molar-refractivity contribution is -0.136. The lowest BCUT2D eigenvalue weighted by Gasteiger charge is -2.40. The molecule has 3 atom stereocenters. The molecule has 1 aromatic heterocycles. The van der Waals surface area contributed by atoms with Crippen LogP contribution in [0.4, 0.5) is 0 Å². The summed E-state index contributed by atoms with van der Waals surface area (Å²) in [6.45, 7) is 6.19. The molecule has 6 nitrogen and oxygen atoms in total. The van der Waals surface area contributed by atoms with E-state index in [1.165, 1.54) is 18.2 Å². The van der Waals surface area contributed by atoms with Gasteiger partial charge in [0.25, 0.3) is 0 Å². The number of thioether (sulfide) groups is 1. The summed E-state index contributed by atoms with van der Waals surface area (Å²) in [5, 5.41) is 11.8. The number of hydrogen-bond donors (Lipinski definition) is 0. The van der Waals surface area contributed by atoms with E-state index in [1.54, 1.807) is 11.7 Å². The van der Waals surface area contributed by atoms with Crippen molar-refractivity contribution in [3.8, 4) is 0 Å². The summed E-state index contributed by atoms with van der Waals surface area (Å²) in [6, 6.07) is 0.661. The van der Waals surface area contributed by atoms with Crippen LogP contribution in [0.2, 0.25) is 0 Å². The number of aromatic nitrogens is 4. The topological polar surface area (TPSA) is 63.9 Å². The summed E-state index contributed by atoms with van der Waals surface area (Å²) < 4.78 is 1.59. The van der Waals surface area contributed by atoms with Gasteiger partial charge >= 0.3 is 0 Å². The van der Waals surface area contributed by atoms with Crippen LogP contribution in [0.5, 0.6) is 0 Å². The fourth-order valence-electron chi connectivity index (χ4n) is 2.60. The van der Waals surface area contributed by atoms with Crippen LogP contribution in [0.3, 0.4) is 0 Å². The molecule has 2 rings (SSSR count). The van der Waals surface area contributed by atoms with Crippen LogP contribution in [-0.4, -0.2) is 48.3 Å². The molecule has 1 saturated heterocycles. The third-order valence-corrected chi connectivity index (χ3v) is 4.77. The molecule has 1 amide bonds. The summed E-state index contributed by atoms with van der Waals surface area (Å²) in [7, 11) is 1.78. The van der Waals surface area contributed by atoms with Gasteiger partial charge in [-0.05, 0) is 50.5 Å². The minimum atomic E-state index is -0.160. The van der Waals surface area contributed by atoms with Crippen LogP contribution in [0, 0.1) is 0 Å². The average molecular weight is 283 g/mol. The first-order valence-corrected chi connectivity index (χ1v) is 7.60. The van der Waals surface area contributed by atoms with Crippen molar-refractivity contribution in [2.45, 2.75) is 62.5 Å². The van der Waals surface area contributed by atoms with Crippen LogP contribution in [0.25, 0.3) is 0 Å². The van der Waals surface area contributed by atoms with Gasteiger partial charge in [-0.1, -0.05) is 11.8 Å². The molecule has 0 bridgehead atoms. The number of amides is 1. The van der Waals surface area contributed by atoms with E-state index in [1.807, 2.05) is 11.8 Å². The number of tetrazole rings is 1. The van der Waals surface area contributed by atoms with Gasteiger partial charge in [0, 0.05) is 19.1 Å². The van der Waals surface area contributed by atoms with Crippen LogP contribution in [0.1, 0.15) is 40.0 Å². The second kappa shape index (κ2) is 5.90. The predicted octanol–water partition coefficient (Wildman–Crippen LogP) is 1.48. The second-order valence-electron chi connectivity index (χ2n) is 5.22. The first-order chi connectivity index (χ1) is 9.00. The first-order valence-electron chi connectivity index (χ1n) is 6.72. The predicted molar refractivity (Wildman–Crippen MR) is 73.7 cm³/mol. The standard InChI is InChI=1S/C12H21N5OS/c1-8-6-5-7-9(2)17(8)11(18)10(3)19-12-13-14-15-16(12)4/h8-10H,5-7H2,1-4H3/t8-,9-,10-/m1/s1. The Hall–Kier alpha value is -1.11. The highest BCUT2D eigenvalue weighted by Gasteiger charge is 2.32. The maximum absolute atomic E-state index is 12.6. The van der Waals surface area contributed by atoms with Crippen LogP contribution >= 0.6 is 11.8 Å². The van der Waals surface area contributed by atoms with Gasteiger partial charge in [-0.2, -0.15) is 0 Å². The van der Waals surface area contributed by atoms with E-state index in [9.17, 15) is 4.79 Å². The number of aryl methyl sites for hydroxylation is 1. The highest BCUT2D eigenvalue weighted by atomic mass is 32.2. The molecule has 19 heavy (non-hydrogen) atoms. The van der Waals surface area contributed by atoms with Crippen molar-refractivity contribution in [2.75, 3.05) is 0 Å². The smallest absolute Gasteiger partial charge is 0.236 e. The lowest BCUT2D eigenvalue weighted by Crippen LogP contribution is -2.50. The van der Waals surface area contributed by atoms with Gasteiger partial charge < -0.3 is 4.90 Å².